The molecule has 2 aromatic rings. The fourth-order valence-electron chi connectivity index (χ4n) is 3.70. The van der Waals surface area contributed by atoms with E-state index in [9.17, 15) is 0 Å². The third kappa shape index (κ3) is 2.40. The monoisotopic (exact) mass is 280 g/mol. The Balaban J connectivity index is 1.50. The van der Waals surface area contributed by atoms with Gasteiger partial charge < -0.3 is 9.80 Å². The minimum absolute atomic E-state index is 0.816. The van der Waals surface area contributed by atoms with E-state index in [1.54, 1.807) is 0 Å². The zero-order chi connectivity index (χ0) is 14.2. The normalized spacial score (nSPS) is 25.3. The third-order valence-corrected chi connectivity index (χ3v) is 4.75. The minimum atomic E-state index is 0.816. The second-order valence-electron chi connectivity index (χ2n) is 6.29. The van der Waals surface area contributed by atoms with Crippen LogP contribution in [0.25, 0.3) is 11.1 Å². The number of pyridine rings is 2. The van der Waals surface area contributed by atoms with Crippen molar-refractivity contribution in [3.8, 4) is 11.1 Å². The average Bonchev–Trinajstić information content (AvgIpc) is 3.06. The third-order valence-electron chi connectivity index (χ3n) is 4.75. The van der Waals surface area contributed by atoms with Gasteiger partial charge in [-0.1, -0.05) is 0 Å². The van der Waals surface area contributed by atoms with Gasteiger partial charge in [0.25, 0.3) is 0 Å². The summed E-state index contributed by atoms with van der Waals surface area (Å²) in [7, 11) is 2.23. The number of likely N-dealkylation sites (tertiary alicyclic amines) is 1. The van der Waals surface area contributed by atoms with Crippen molar-refractivity contribution in [2.75, 3.05) is 38.1 Å². The number of fused-ring (bicyclic) bond motifs is 1. The molecule has 2 fully saturated rings. The minimum Gasteiger partial charge on any atom is -0.356 e. The maximum atomic E-state index is 4.68. The van der Waals surface area contributed by atoms with Crippen molar-refractivity contribution < 1.29 is 0 Å². The quantitative estimate of drug-likeness (QED) is 0.843. The van der Waals surface area contributed by atoms with Crippen LogP contribution in [0.4, 0.5) is 5.82 Å². The molecule has 0 aromatic carbocycles. The lowest BCUT2D eigenvalue weighted by Crippen LogP contribution is -2.27. The second-order valence-corrected chi connectivity index (χ2v) is 6.29. The van der Waals surface area contributed by atoms with Crippen LogP contribution in [-0.2, 0) is 0 Å². The lowest BCUT2D eigenvalue weighted by Gasteiger charge is -2.20. The zero-order valence-electron chi connectivity index (χ0n) is 12.3. The number of nitrogens with zero attached hydrogens (tertiary/aromatic N) is 4. The first-order chi connectivity index (χ1) is 10.3. The summed E-state index contributed by atoms with van der Waals surface area (Å²) in [5, 5.41) is 0. The van der Waals surface area contributed by atoms with Gasteiger partial charge in [-0.2, -0.15) is 0 Å². The zero-order valence-corrected chi connectivity index (χ0v) is 12.3. The summed E-state index contributed by atoms with van der Waals surface area (Å²) in [5.74, 6) is 2.75. The summed E-state index contributed by atoms with van der Waals surface area (Å²) >= 11 is 0. The van der Waals surface area contributed by atoms with Crippen LogP contribution in [0.3, 0.4) is 0 Å². The van der Waals surface area contributed by atoms with Gasteiger partial charge in [0.1, 0.15) is 5.82 Å². The van der Waals surface area contributed by atoms with E-state index in [-0.39, 0.29) is 0 Å². The fourth-order valence-corrected chi connectivity index (χ4v) is 3.70. The number of anilines is 1. The lowest BCUT2D eigenvalue weighted by molar-refractivity contribution is 0.387. The molecule has 2 atom stereocenters. The Labute approximate surface area is 125 Å². The molecule has 0 amide bonds. The van der Waals surface area contributed by atoms with Gasteiger partial charge in [0, 0.05) is 50.3 Å². The maximum Gasteiger partial charge on any atom is 0.128 e. The molecule has 2 saturated heterocycles. The summed E-state index contributed by atoms with van der Waals surface area (Å²) in [6.45, 7) is 4.76. The molecule has 2 aromatic heterocycles. The van der Waals surface area contributed by atoms with Crippen molar-refractivity contribution >= 4 is 5.82 Å². The molecular weight excluding hydrogens is 260 g/mol. The van der Waals surface area contributed by atoms with Gasteiger partial charge in [-0.05, 0) is 48.7 Å². The van der Waals surface area contributed by atoms with E-state index in [0.717, 1.165) is 36.3 Å². The maximum absolute atomic E-state index is 4.68. The van der Waals surface area contributed by atoms with E-state index in [4.69, 9.17) is 0 Å². The number of rotatable bonds is 2. The molecule has 4 heteroatoms. The van der Waals surface area contributed by atoms with Crippen LogP contribution >= 0.6 is 0 Å². The van der Waals surface area contributed by atoms with Crippen molar-refractivity contribution in [2.45, 2.75) is 0 Å². The smallest absolute Gasteiger partial charge is 0.128 e. The predicted molar refractivity (Wildman–Crippen MR) is 84.2 cm³/mol. The van der Waals surface area contributed by atoms with Crippen LogP contribution < -0.4 is 4.90 Å². The van der Waals surface area contributed by atoms with E-state index < -0.39 is 0 Å². The number of aromatic nitrogens is 2. The van der Waals surface area contributed by atoms with Crippen molar-refractivity contribution in [2.24, 2.45) is 11.8 Å². The molecule has 0 saturated carbocycles. The topological polar surface area (TPSA) is 32.3 Å². The van der Waals surface area contributed by atoms with Gasteiger partial charge in [-0.15, -0.1) is 0 Å². The van der Waals surface area contributed by atoms with Crippen molar-refractivity contribution in [3.63, 3.8) is 0 Å². The first-order valence-corrected chi connectivity index (χ1v) is 7.59. The summed E-state index contributed by atoms with van der Waals surface area (Å²) in [6.07, 6.45) is 5.62. The van der Waals surface area contributed by atoms with E-state index in [0.29, 0.717) is 0 Å². The van der Waals surface area contributed by atoms with Crippen LogP contribution in [-0.4, -0.2) is 48.1 Å². The van der Waals surface area contributed by atoms with E-state index >= 15 is 0 Å². The van der Waals surface area contributed by atoms with Crippen LogP contribution in [0.15, 0.2) is 42.9 Å². The molecular formula is C17H20N4. The molecule has 0 radical (unpaired) electrons. The van der Waals surface area contributed by atoms with Crippen LogP contribution in [0.5, 0.6) is 0 Å². The summed E-state index contributed by atoms with van der Waals surface area (Å²) < 4.78 is 0. The van der Waals surface area contributed by atoms with Gasteiger partial charge in [-0.3, -0.25) is 4.98 Å². The van der Waals surface area contributed by atoms with E-state index in [2.05, 4.69) is 38.9 Å². The largest absolute Gasteiger partial charge is 0.356 e. The molecule has 2 aliphatic rings. The van der Waals surface area contributed by atoms with Gasteiger partial charge in [0.2, 0.25) is 0 Å². The van der Waals surface area contributed by atoms with Gasteiger partial charge in [0.05, 0.1) is 0 Å². The van der Waals surface area contributed by atoms with Gasteiger partial charge in [0.15, 0.2) is 0 Å². The Morgan fingerprint density at radius 1 is 0.905 bits per heavy atom. The Kier molecular flexibility index (Phi) is 3.11. The Morgan fingerprint density at radius 2 is 1.62 bits per heavy atom. The lowest BCUT2D eigenvalue weighted by atomic mass is 10.0. The Morgan fingerprint density at radius 3 is 2.24 bits per heavy atom. The van der Waals surface area contributed by atoms with Gasteiger partial charge in [-0.25, -0.2) is 4.98 Å². The number of hydrogen-bond donors (Lipinski definition) is 0. The molecule has 2 aliphatic heterocycles. The van der Waals surface area contributed by atoms with Gasteiger partial charge >= 0.3 is 0 Å². The van der Waals surface area contributed by atoms with Crippen LogP contribution in [0, 0.1) is 11.8 Å². The highest BCUT2D eigenvalue weighted by Crippen LogP contribution is 2.32. The molecule has 108 valence electrons. The molecule has 0 aliphatic carbocycles. The van der Waals surface area contributed by atoms with Crippen LogP contribution in [0.1, 0.15) is 0 Å². The second kappa shape index (κ2) is 5.11. The summed E-state index contributed by atoms with van der Waals surface area (Å²) in [4.78, 5) is 13.6. The molecule has 2 unspecified atom stereocenters. The highest BCUT2D eigenvalue weighted by molar-refractivity contribution is 5.63. The highest BCUT2D eigenvalue weighted by Gasteiger charge is 2.38. The number of hydrogen-bond acceptors (Lipinski definition) is 4. The Bertz CT molecular complexity index is 596. The SMILES string of the molecule is CN1CC2CN(c3ccc(-c4ccncc4)cn3)CC2C1. The molecule has 4 rings (SSSR count). The molecule has 0 N–H and O–H groups in total. The van der Waals surface area contributed by atoms with E-state index in [1.807, 2.05) is 30.7 Å². The summed E-state index contributed by atoms with van der Waals surface area (Å²) in [5.41, 5.74) is 2.32. The fraction of sp³-hybridized carbons (Fsp3) is 0.412. The van der Waals surface area contributed by atoms with Crippen LogP contribution in [0.2, 0.25) is 0 Å². The molecule has 4 heterocycles. The van der Waals surface area contributed by atoms with Crippen molar-refractivity contribution in [1.29, 1.82) is 0 Å². The molecule has 0 bridgehead atoms. The Hall–Kier alpha value is -1.94. The first-order valence-electron chi connectivity index (χ1n) is 7.59. The molecule has 21 heavy (non-hydrogen) atoms. The first kappa shape index (κ1) is 12.8. The summed E-state index contributed by atoms with van der Waals surface area (Å²) in [6, 6.07) is 8.36. The standard InChI is InChI=1S/C17H20N4/c1-20-9-15-11-21(12-16(15)10-20)17-3-2-14(8-19-17)13-4-6-18-7-5-13/h2-8,15-16H,9-12H2,1H3. The van der Waals surface area contributed by atoms with E-state index in [1.165, 1.54) is 18.7 Å². The highest BCUT2D eigenvalue weighted by atomic mass is 15.3. The molecule has 4 nitrogen and oxygen atoms in total. The van der Waals surface area contributed by atoms with Crippen molar-refractivity contribution in [3.05, 3.63) is 42.9 Å². The average molecular weight is 280 g/mol. The molecule has 0 spiro atoms. The van der Waals surface area contributed by atoms with Crippen molar-refractivity contribution in [1.82, 2.24) is 14.9 Å². The predicted octanol–water partition coefficient (Wildman–Crippen LogP) is 2.14.